The van der Waals surface area contributed by atoms with Gasteiger partial charge in [-0.25, -0.2) is 9.97 Å². The van der Waals surface area contributed by atoms with Gasteiger partial charge in [0.15, 0.2) is 0 Å². The first-order valence-electron chi connectivity index (χ1n) is 5.14. The Labute approximate surface area is 114 Å². The molecule has 6 nitrogen and oxygen atoms in total. The molecule has 0 aliphatic carbocycles. The van der Waals surface area contributed by atoms with Crippen LogP contribution < -0.4 is 10.6 Å². The lowest BCUT2D eigenvalue weighted by Crippen LogP contribution is -2.39. The third kappa shape index (κ3) is 5.26. The van der Waals surface area contributed by atoms with E-state index in [0.29, 0.717) is 19.1 Å². The summed E-state index contributed by atoms with van der Waals surface area (Å²) in [5, 5.41) is 5.65. The zero-order chi connectivity index (χ0) is 12.7. The minimum atomic E-state index is -0.382. The molecule has 94 valence electrons. The number of nitrogens with one attached hydrogen (secondary N) is 2. The minimum absolute atomic E-state index is 0.107. The summed E-state index contributed by atoms with van der Waals surface area (Å²) in [6, 6.07) is -0.382. The Balaban J connectivity index is 2.40. The van der Waals surface area contributed by atoms with Gasteiger partial charge in [-0.1, -0.05) is 0 Å². The largest absolute Gasteiger partial charge is 0.383 e. The molecular weight excluding hydrogens is 335 g/mol. The number of amides is 1. The number of carbonyl (C=O) groups excluding carboxylic acids is 1. The number of ether oxygens (including phenoxy) is 1. The van der Waals surface area contributed by atoms with Crippen molar-refractivity contribution in [3.05, 3.63) is 16.0 Å². The van der Waals surface area contributed by atoms with Crippen molar-refractivity contribution < 1.29 is 9.53 Å². The molecule has 7 heteroatoms. The number of aromatic nitrogens is 2. The lowest BCUT2D eigenvalue weighted by molar-refractivity contribution is -0.121. The second-order valence-electron chi connectivity index (χ2n) is 3.37. The Morgan fingerprint density at radius 1 is 1.53 bits per heavy atom. The summed E-state index contributed by atoms with van der Waals surface area (Å²) in [4.78, 5) is 19.7. The highest BCUT2D eigenvalue weighted by Gasteiger charge is 2.12. The van der Waals surface area contributed by atoms with E-state index >= 15 is 0 Å². The van der Waals surface area contributed by atoms with Gasteiger partial charge in [0.1, 0.15) is 6.04 Å². The number of hydrogen-bond acceptors (Lipinski definition) is 5. The zero-order valence-electron chi connectivity index (χ0n) is 9.74. The number of rotatable bonds is 6. The molecule has 0 aliphatic rings. The van der Waals surface area contributed by atoms with Gasteiger partial charge < -0.3 is 15.4 Å². The first kappa shape index (κ1) is 14.1. The van der Waals surface area contributed by atoms with Crippen molar-refractivity contribution in [1.82, 2.24) is 15.3 Å². The Morgan fingerprint density at radius 2 is 2.18 bits per heavy atom. The van der Waals surface area contributed by atoms with Crippen molar-refractivity contribution in [1.29, 1.82) is 0 Å². The van der Waals surface area contributed by atoms with Crippen LogP contribution in [0.15, 0.2) is 12.4 Å². The maximum atomic E-state index is 11.6. The smallest absolute Gasteiger partial charge is 0.242 e. The number of methoxy groups -OCH3 is 1. The van der Waals surface area contributed by atoms with E-state index in [4.69, 9.17) is 4.74 Å². The molecule has 1 rings (SSSR count). The zero-order valence-corrected chi connectivity index (χ0v) is 11.9. The molecule has 17 heavy (non-hydrogen) atoms. The minimum Gasteiger partial charge on any atom is -0.383 e. The summed E-state index contributed by atoms with van der Waals surface area (Å²) >= 11 is 2.12. The maximum absolute atomic E-state index is 11.6. The summed E-state index contributed by atoms with van der Waals surface area (Å²) < 4.78 is 5.79. The Morgan fingerprint density at radius 3 is 2.76 bits per heavy atom. The first-order valence-corrected chi connectivity index (χ1v) is 6.22. The van der Waals surface area contributed by atoms with Crippen LogP contribution in [0.25, 0.3) is 0 Å². The van der Waals surface area contributed by atoms with Crippen LogP contribution in [0.3, 0.4) is 0 Å². The molecule has 1 atom stereocenters. The second-order valence-corrected chi connectivity index (χ2v) is 4.62. The van der Waals surface area contributed by atoms with Crippen LogP contribution in [0, 0.1) is 3.57 Å². The van der Waals surface area contributed by atoms with Gasteiger partial charge in [0, 0.05) is 29.6 Å². The van der Waals surface area contributed by atoms with Crippen molar-refractivity contribution in [3.8, 4) is 0 Å². The fourth-order valence-corrected chi connectivity index (χ4v) is 1.35. The quantitative estimate of drug-likeness (QED) is 0.582. The molecule has 0 saturated carbocycles. The van der Waals surface area contributed by atoms with Gasteiger partial charge in [-0.3, -0.25) is 4.79 Å². The predicted molar refractivity (Wildman–Crippen MR) is 72.7 cm³/mol. The van der Waals surface area contributed by atoms with E-state index in [1.165, 1.54) is 0 Å². The van der Waals surface area contributed by atoms with Crippen LogP contribution in [0.4, 0.5) is 5.95 Å². The van der Waals surface area contributed by atoms with E-state index in [2.05, 4.69) is 43.2 Å². The van der Waals surface area contributed by atoms with Gasteiger partial charge >= 0.3 is 0 Å². The average molecular weight is 350 g/mol. The van der Waals surface area contributed by atoms with Crippen molar-refractivity contribution in [2.75, 3.05) is 25.6 Å². The normalized spacial score (nSPS) is 11.9. The average Bonchev–Trinajstić information content (AvgIpc) is 2.32. The number of hydrogen-bond donors (Lipinski definition) is 2. The Bertz CT molecular complexity index is 358. The van der Waals surface area contributed by atoms with Crippen LogP contribution in [0.5, 0.6) is 0 Å². The van der Waals surface area contributed by atoms with E-state index in [0.717, 1.165) is 3.57 Å². The number of anilines is 1. The summed E-state index contributed by atoms with van der Waals surface area (Å²) in [5.74, 6) is 0.337. The van der Waals surface area contributed by atoms with E-state index in [1.54, 1.807) is 26.4 Å². The van der Waals surface area contributed by atoms with Gasteiger partial charge in [-0.2, -0.15) is 0 Å². The topological polar surface area (TPSA) is 76.1 Å². The van der Waals surface area contributed by atoms with Crippen molar-refractivity contribution in [3.63, 3.8) is 0 Å². The molecule has 1 aromatic heterocycles. The van der Waals surface area contributed by atoms with E-state index in [1.807, 2.05) is 0 Å². The molecule has 1 aromatic rings. The van der Waals surface area contributed by atoms with E-state index in [-0.39, 0.29) is 11.9 Å². The highest BCUT2D eigenvalue weighted by Crippen LogP contribution is 2.03. The maximum Gasteiger partial charge on any atom is 0.242 e. The van der Waals surface area contributed by atoms with Crippen LogP contribution in [0.1, 0.15) is 6.92 Å². The molecular formula is C10H15IN4O2. The van der Waals surface area contributed by atoms with Crippen LogP contribution in [0.2, 0.25) is 0 Å². The van der Waals surface area contributed by atoms with Gasteiger partial charge in [-0.15, -0.1) is 0 Å². The Kier molecular flexibility index (Phi) is 6.12. The van der Waals surface area contributed by atoms with Crippen molar-refractivity contribution in [2.24, 2.45) is 0 Å². The predicted octanol–water partition coefficient (Wildman–Crippen LogP) is 0.644. The highest BCUT2D eigenvalue weighted by atomic mass is 127. The van der Waals surface area contributed by atoms with Gasteiger partial charge in [0.25, 0.3) is 0 Å². The third-order valence-electron chi connectivity index (χ3n) is 1.96. The second kappa shape index (κ2) is 7.38. The Hall–Kier alpha value is -0.960. The van der Waals surface area contributed by atoms with E-state index in [9.17, 15) is 4.79 Å². The monoisotopic (exact) mass is 350 g/mol. The van der Waals surface area contributed by atoms with Crippen LogP contribution in [-0.2, 0) is 9.53 Å². The molecule has 1 unspecified atom stereocenters. The summed E-state index contributed by atoms with van der Waals surface area (Å²) in [7, 11) is 1.59. The van der Waals surface area contributed by atoms with E-state index < -0.39 is 0 Å². The number of halogens is 1. The first-order chi connectivity index (χ1) is 8.13. The van der Waals surface area contributed by atoms with Crippen molar-refractivity contribution >= 4 is 34.4 Å². The van der Waals surface area contributed by atoms with Crippen molar-refractivity contribution in [2.45, 2.75) is 13.0 Å². The summed E-state index contributed by atoms with van der Waals surface area (Å²) in [6.07, 6.45) is 3.37. The molecule has 0 aromatic carbocycles. The summed E-state index contributed by atoms with van der Waals surface area (Å²) in [6.45, 7) is 2.75. The van der Waals surface area contributed by atoms with Gasteiger partial charge in [-0.05, 0) is 29.5 Å². The molecule has 0 aliphatic heterocycles. The fourth-order valence-electron chi connectivity index (χ4n) is 1.08. The van der Waals surface area contributed by atoms with Crippen LogP contribution in [-0.4, -0.2) is 42.2 Å². The SMILES string of the molecule is COCCNC(=O)C(C)Nc1ncc(I)cn1. The third-order valence-corrected chi connectivity index (χ3v) is 2.52. The lowest BCUT2D eigenvalue weighted by Gasteiger charge is -2.13. The highest BCUT2D eigenvalue weighted by molar-refractivity contribution is 14.1. The molecule has 0 spiro atoms. The van der Waals surface area contributed by atoms with Crippen LogP contribution >= 0.6 is 22.6 Å². The fraction of sp³-hybridized carbons (Fsp3) is 0.500. The molecule has 0 fully saturated rings. The standard InChI is InChI=1S/C10H15IN4O2/c1-7(9(16)12-3-4-17-2)15-10-13-5-8(11)6-14-10/h5-7H,3-4H2,1-2H3,(H,12,16)(H,13,14,15). The molecule has 1 amide bonds. The molecule has 1 heterocycles. The van der Waals surface area contributed by atoms with Gasteiger partial charge in [0.05, 0.1) is 6.61 Å². The summed E-state index contributed by atoms with van der Waals surface area (Å²) in [5.41, 5.74) is 0. The number of nitrogens with zero attached hydrogens (tertiary/aromatic N) is 2. The molecule has 0 saturated heterocycles. The lowest BCUT2D eigenvalue weighted by atomic mass is 10.3. The van der Waals surface area contributed by atoms with Gasteiger partial charge in [0.2, 0.25) is 11.9 Å². The number of carbonyl (C=O) groups is 1. The molecule has 2 N–H and O–H groups in total. The molecule has 0 bridgehead atoms. The molecule has 0 radical (unpaired) electrons.